The molecule has 1 amide bonds. The van der Waals surface area contributed by atoms with E-state index in [9.17, 15) is 9.90 Å². The number of aliphatic hydroxyl groups is 1. The van der Waals surface area contributed by atoms with Crippen LogP contribution in [0.5, 0.6) is 0 Å². The van der Waals surface area contributed by atoms with Gasteiger partial charge >= 0.3 is 0 Å². The van der Waals surface area contributed by atoms with Crippen LogP contribution in [-0.2, 0) is 4.79 Å². The minimum absolute atomic E-state index is 0.0232. The fourth-order valence-electron chi connectivity index (χ4n) is 2.64. The molecule has 1 aliphatic carbocycles. The van der Waals surface area contributed by atoms with Crippen molar-refractivity contribution in [1.82, 2.24) is 10.6 Å². The van der Waals surface area contributed by atoms with Crippen LogP contribution in [0, 0.1) is 0 Å². The van der Waals surface area contributed by atoms with Gasteiger partial charge in [-0.15, -0.1) is 0 Å². The summed E-state index contributed by atoms with van der Waals surface area (Å²) in [4.78, 5) is 11.9. The molecule has 0 bridgehead atoms. The summed E-state index contributed by atoms with van der Waals surface area (Å²) in [6.45, 7) is 0.936. The molecular weight excluding hydrogens is 204 g/mol. The lowest BCUT2D eigenvalue weighted by Gasteiger charge is -2.31. The summed E-state index contributed by atoms with van der Waals surface area (Å²) in [5.74, 6) is 0.0747. The predicted molar refractivity (Wildman–Crippen MR) is 62.0 cm³/mol. The molecule has 0 aromatic rings. The molecule has 0 spiro atoms. The van der Waals surface area contributed by atoms with Crippen molar-refractivity contribution in [2.24, 2.45) is 0 Å². The standard InChI is InChI=1S/C12H22N2O2/c15-11-7-2-1-5-9(11)14-12(16)10-6-3-4-8-13-10/h9-11,13,15H,1-8H2,(H,14,16)/t9-,10-,11-/m0/s1. The maximum absolute atomic E-state index is 11.9. The van der Waals surface area contributed by atoms with Crippen LogP contribution in [0.4, 0.5) is 0 Å². The Morgan fingerprint density at radius 3 is 2.56 bits per heavy atom. The molecule has 4 nitrogen and oxygen atoms in total. The van der Waals surface area contributed by atoms with Crippen LogP contribution in [0.25, 0.3) is 0 Å². The maximum Gasteiger partial charge on any atom is 0.237 e. The lowest BCUT2D eigenvalue weighted by atomic mass is 9.92. The molecule has 2 aliphatic rings. The first-order valence-electron chi connectivity index (χ1n) is 6.49. The molecule has 1 saturated carbocycles. The van der Waals surface area contributed by atoms with Crippen molar-refractivity contribution < 1.29 is 9.90 Å². The van der Waals surface area contributed by atoms with Crippen LogP contribution < -0.4 is 10.6 Å². The number of aliphatic hydroxyl groups excluding tert-OH is 1. The molecule has 1 saturated heterocycles. The van der Waals surface area contributed by atoms with Gasteiger partial charge in [0.15, 0.2) is 0 Å². The average molecular weight is 226 g/mol. The van der Waals surface area contributed by atoms with Gasteiger partial charge in [0.05, 0.1) is 18.2 Å². The smallest absolute Gasteiger partial charge is 0.237 e. The molecule has 2 fully saturated rings. The summed E-state index contributed by atoms with van der Waals surface area (Å²) in [7, 11) is 0. The lowest BCUT2D eigenvalue weighted by molar-refractivity contribution is -0.125. The number of piperidine rings is 1. The normalized spacial score (nSPS) is 35.7. The van der Waals surface area contributed by atoms with Crippen molar-refractivity contribution in [2.45, 2.75) is 63.1 Å². The van der Waals surface area contributed by atoms with Gasteiger partial charge in [-0.3, -0.25) is 4.79 Å². The highest BCUT2D eigenvalue weighted by molar-refractivity contribution is 5.82. The van der Waals surface area contributed by atoms with E-state index in [0.717, 1.165) is 51.5 Å². The molecule has 0 unspecified atom stereocenters. The van der Waals surface area contributed by atoms with E-state index < -0.39 is 0 Å². The third-order valence-electron chi connectivity index (χ3n) is 3.68. The fraction of sp³-hybridized carbons (Fsp3) is 0.917. The minimum atomic E-state index is -0.346. The Labute approximate surface area is 96.8 Å². The highest BCUT2D eigenvalue weighted by atomic mass is 16.3. The molecule has 3 N–H and O–H groups in total. The molecule has 2 rings (SSSR count). The molecular formula is C12H22N2O2. The van der Waals surface area contributed by atoms with Crippen molar-refractivity contribution >= 4 is 5.91 Å². The van der Waals surface area contributed by atoms with Crippen molar-refractivity contribution in [3.05, 3.63) is 0 Å². The summed E-state index contributed by atoms with van der Waals surface area (Å²) in [5, 5.41) is 16.0. The van der Waals surface area contributed by atoms with Crippen molar-refractivity contribution in [3.8, 4) is 0 Å². The second-order valence-corrected chi connectivity index (χ2v) is 4.97. The molecule has 0 radical (unpaired) electrons. The quantitative estimate of drug-likeness (QED) is 0.644. The van der Waals surface area contributed by atoms with Crippen LogP contribution in [0.15, 0.2) is 0 Å². The van der Waals surface area contributed by atoms with Crippen LogP contribution in [0.2, 0.25) is 0 Å². The number of nitrogens with one attached hydrogen (secondary N) is 2. The van der Waals surface area contributed by atoms with E-state index in [2.05, 4.69) is 10.6 Å². The van der Waals surface area contributed by atoms with Gasteiger partial charge < -0.3 is 15.7 Å². The number of hydrogen-bond donors (Lipinski definition) is 3. The lowest BCUT2D eigenvalue weighted by Crippen LogP contribution is -2.53. The second kappa shape index (κ2) is 5.64. The third-order valence-corrected chi connectivity index (χ3v) is 3.68. The van der Waals surface area contributed by atoms with Crippen molar-refractivity contribution in [3.63, 3.8) is 0 Å². The number of carbonyl (C=O) groups excluding carboxylic acids is 1. The van der Waals surface area contributed by atoms with Gasteiger partial charge in [0, 0.05) is 0 Å². The van der Waals surface area contributed by atoms with Crippen LogP contribution in [-0.4, -0.2) is 35.7 Å². The Kier molecular flexibility index (Phi) is 4.18. The molecule has 0 aromatic carbocycles. The maximum atomic E-state index is 11.9. The fourth-order valence-corrected chi connectivity index (χ4v) is 2.64. The van der Waals surface area contributed by atoms with E-state index in [4.69, 9.17) is 0 Å². The highest BCUT2D eigenvalue weighted by Crippen LogP contribution is 2.18. The highest BCUT2D eigenvalue weighted by Gasteiger charge is 2.28. The van der Waals surface area contributed by atoms with E-state index in [1.807, 2.05) is 0 Å². The first-order valence-corrected chi connectivity index (χ1v) is 6.49. The van der Waals surface area contributed by atoms with E-state index >= 15 is 0 Å². The summed E-state index contributed by atoms with van der Waals surface area (Å²) in [6.07, 6.45) is 6.79. The van der Waals surface area contributed by atoms with Gasteiger partial charge in [0.1, 0.15) is 0 Å². The first-order chi connectivity index (χ1) is 7.77. The average Bonchev–Trinajstić information content (AvgIpc) is 2.33. The van der Waals surface area contributed by atoms with Crippen LogP contribution in [0.1, 0.15) is 44.9 Å². The minimum Gasteiger partial charge on any atom is -0.391 e. The van der Waals surface area contributed by atoms with Gasteiger partial charge in [-0.25, -0.2) is 0 Å². The molecule has 1 aliphatic heterocycles. The van der Waals surface area contributed by atoms with Crippen LogP contribution >= 0.6 is 0 Å². The Bertz CT molecular complexity index is 239. The number of hydrogen-bond acceptors (Lipinski definition) is 3. The van der Waals surface area contributed by atoms with E-state index in [0.29, 0.717) is 0 Å². The van der Waals surface area contributed by atoms with Gasteiger partial charge in [-0.05, 0) is 32.2 Å². The zero-order valence-electron chi connectivity index (χ0n) is 9.74. The van der Waals surface area contributed by atoms with Crippen LogP contribution in [0.3, 0.4) is 0 Å². The zero-order chi connectivity index (χ0) is 11.4. The Hall–Kier alpha value is -0.610. The number of amides is 1. The largest absolute Gasteiger partial charge is 0.391 e. The molecule has 16 heavy (non-hydrogen) atoms. The summed E-state index contributed by atoms with van der Waals surface area (Å²) in [5.41, 5.74) is 0. The molecule has 0 aromatic heterocycles. The first kappa shape index (κ1) is 11.9. The van der Waals surface area contributed by atoms with Gasteiger partial charge in [0.25, 0.3) is 0 Å². The monoisotopic (exact) mass is 226 g/mol. The summed E-state index contributed by atoms with van der Waals surface area (Å²) < 4.78 is 0. The Balaban J connectivity index is 1.80. The van der Waals surface area contributed by atoms with Gasteiger partial charge in [0.2, 0.25) is 5.91 Å². The summed E-state index contributed by atoms with van der Waals surface area (Å²) >= 11 is 0. The molecule has 1 heterocycles. The molecule has 3 atom stereocenters. The van der Waals surface area contributed by atoms with Crippen molar-refractivity contribution in [2.75, 3.05) is 6.54 Å². The second-order valence-electron chi connectivity index (χ2n) is 4.97. The van der Waals surface area contributed by atoms with Crippen molar-refractivity contribution in [1.29, 1.82) is 0 Å². The van der Waals surface area contributed by atoms with E-state index in [1.54, 1.807) is 0 Å². The Morgan fingerprint density at radius 1 is 1.12 bits per heavy atom. The third kappa shape index (κ3) is 2.95. The summed E-state index contributed by atoms with van der Waals surface area (Å²) in [6, 6.07) is -0.0622. The Morgan fingerprint density at radius 2 is 1.88 bits per heavy atom. The SMILES string of the molecule is O=C(N[C@H]1CCCC[C@@H]1O)[C@@H]1CCCCN1. The number of rotatable bonds is 2. The predicted octanol–water partition coefficient (Wildman–Crippen LogP) is 0.548. The topological polar surface area (TPSA) is 61.4 Å². The van der Waals surface area contributed by atoms with E-state index in [-0.39, 0.29) is 24.1 Å². The molecule has 4 heteroatoms. The molecule has 92 valence electrons. The zero-order valence-corrected chi connectivity index (χ0v) is 9.74. The number of carbonyl (C=O) groups is 1. The van der Waals surface area contributed by atoms with Gasteiger partial charge in [-0.2, -0.15) is 0 Å². The van der Waals surface area contributed by atoms with Gasteiger partial charge in [-0.1, -0.05) is 19.3 Å². The van der Waals surface area contributed by atoms with E-state index in [1.165, 1.54) is 0 Å².